The van der Waals surface area contributed by atoms with Crippen LogP contribution in [0, 0.1) is 20.8 Å². The van der Waals surface area contributed by atoms with Crippen molar-refractivity contribution in [1.29, 1.82) is 0 Å². The van der Waals surface area contributed by atoms with E-state index in [1.54, 1.807) is 0 Å². The van der Waals surface area contributed by atoms with Gasteiger partial charge in [0.15, 0.2) is 0 Å². The van der Waals surface area contributed by atoms with Gasteiger partial charge in [-0.15, -0.1) is 0 Å². The van der Waals surface area contributed by atoms with Crippen LogP contribution in [0.15, 0.2) is 42.5 Å². The fourth-order valence-corrected chi connectivity index (χ4v) is 3.80. The summed E-state index contributed by atoms with van der Waals surface area (Å²) in [5.74, 6) is 0.835. The van der Waals surface area contributed by atoms with Gasteiger partial charge in [0, 0.05) is 26.2 Å². The molecule has 1 heterocycles. The molecule has 152 valence electrons. The first-order valence-corrected chi connectivity index (χ1v) is 10.3. The minimum atomic E-state index is -0.549. The predicted octanol–water partition coefficient (Wildman–Crippen LogP) is 4.03. The molecular formula is C24H33NO3. The number of nitrogens with zero attached hydrogens (tertiary/aromatic N) is 1. The molecule has 4 nitrogen and oxygen atoms in total. The third-order valence-corrected chi connectivity index (χ3v) is 5.37. The number of para-hydroxylation sites is 1. The highest BCUT2D eigenvalue weighted by Crippen LogP contribution is 2.19. The predicted molar refractivity (Wildman–Crippen MR) is 113 cm³/mol. The Morgan fingerprint density at radius 2 is 1.96 bits per heavy atom. The largest absolute Gasteiger partial charge is 0.491 e. The van der Waals surface area contributed by atoms with Crippen molar-refractivity contribution in [3.8, 4) is 5.75 Å². The van der Waals surface area contributed by atoms with Gasteiger partial charge in [0.1, 0.15) is 18.5 Å². The summed E-state index contributed by atoms with van der Waals surface area (Å²) >= 11 is 0. The van der Waals surface area contributed by atoms with Crippen LogP contribution in [0.2, 0.25) is 0 Å². The molecule has 4 heteroatoms. The molecule has 0 radical (unpaired) electrons. The Kier molecular flexibility index (Phi) is 7.49. The van der Waals surface area contributed by atoms with Gasteiger partial charge in [0.05, 0.1) is 6.10 Å². The summed E-state index contributed by atoms with van der Waals surface area (Å²) in [4.78, 5) is 2.31. The van der Waals surface area contributed by atoms with E-state index in [9.17, 15) is 5.11 Å². The summed E-state index contributed by atoms with van der Waals surface area (Å²) in [6.45, 7) is 9.66. The number of hydrogen-bond donors (Lipinski definition) is 1. The first-order chi connectivity index (χ1) is 13.5. The monoisotopic (exact) mass is 383 g/mol. The van der Waals surface area contributed by atoms with Gasteiger partial charge in [-0.2, -0.15) is 0 Å². The van der Waals surface area contributed by atoms with Gasteiger partial charge in [0.2, 0.25) is 0 Å². The zero-order chi connectivity index (χ0) is 19.9. The molecule has 28 heavy (non-hydrogen) atoms. The highest BCUT2D eigenvalue weighted by Gasteiger charge is 2.22. The molecule has 1 N–H and O–H groups in total. The molecule has 2 atom stereocenters. The van der Waals surface area contributed by atoms with Crippen molar-refractivity contribution in [2.75, 3.05) is 26.3 Å². The molecule has 0 bridgehead atoms. The molecule has 1 saturated heterocycles. The van der Waals surface area contributed by atoms with Crippen molar-refractivity contribution in [2.24, 2.45) is 0 Å². The second kappa shape index (κ2) is 10.1. The summed E-state index contributed by atoms with van der Waals surface area (Å²) in [5, 5.41) is 10.6. The molecule has 2 aromatic rings. The SMILES string of the molecule is Cc1ccc(CN(C[C@@H](O)COc2ccccc2C)C[C@H]2CCCO2)c(C)c1. The second-order valence-corrected chi connectivity index (χ2v) is 7.99. The van der Waals surface area contributed by atoms with E-state index < -0.39 is 6.10 Å². The van der Waals surface area contributed by atoms with Gasteiger partial charge in [-0.05, 0) is 56.4 Å². The quantitative estimate of drug-likeness (QED) is 0.710. The van der Waals surface area contributed by atoms with E-state index in [-0.39, 0.29) is 6.10 Å². The molecule has 0 spiro atoms. The smallest absolute Gasteiger partial charge is 0.122 e. The normalized spacial score (nSPS) is 17.8. The Labute approximate surface area is 169 Å². The lowest BCUT2D eigenvalue weighted by atomic mass is 10.0. The van der Waals surface area contributed by atoms with Crippen LogP contribution in [-0.4, -0.2) is 48.5 Å². The fraction of sp³-hybridized carbons (Fsp3) is 0.500. The lowest BCUT2D eigenvalue weighted by molar-refractivity contribution is 0.0312. The molecule has 1 aliphatic rings. The average molecular weight is 384 g/mol. The first kappa shape index (κ1) is 20.8. The van der Waals surface area contributed by atoms with Crippen LogP contribution in [0.25, 0.3) is 0 Å². The summed E-state index contributed by atoms with van der Waals surface area (Å²) in [6, 6.07) is 14.5. The number of ether oxygens (including phenoxy) is 2. The highest BCUT2D eigenvalue weighted by molar-refractivity contribution is 5.32. The van der Waals surface area contributed by atoms with E-state index in [1.807, 2.05) is 31.2 Å². The standard InChI is InChI=1S/C24H33NO3/c1-18-10-11-21(20(3)13-18)14-25(16-23-8-6-12-27-23)15-22(26)17-28-24-9-5-4-7-19(24)2/h4-5,7,9-11,13,22-23,26H,6,8,12,14-17H2,1-3H3/t22-,23-/m1/s1. The maximum atomic E-state index is 10.6. The van der Waals surface area contributed by atoms with E-state index in [0.717, 1.165) is 43.9 Å². The lowest BCUT2D eigenvalue weighted by Crippen LogP contribution is -2.39. The second-order valence-electron chi connectivity index (χ2n) is 7.99. The van der Waals surface area contributed by atoms with Crippen LogP contribution in [-0.2, 0) is 11.3 Å². The minimum Gasteiger partial charge on any atom is -0.491 e. The van der Waals surface area contributed by atoms with Crippen molar-refractivity contribution in [3.05, 3.63) is 64.7 Å². The molecule has 2 aromatic carbocycles. The van der Waals surface area contributed by atoms with Gasteiger partial charge in [-0.25, -0.2) is 0 Å². The number of aliphatic hydroxyl groups is 1. The summed E-state index contributed by atoms with van der Waals surface area (Å²) in [5.41, 5.74) is 4.96. The van der Waals surface area contributed by atoms with Crippen LogP contribution in [0.1, 0.15) is 35.1 Å². The molecule has 0 amide bonds. The van der Waals surface area contributed by atoms with Crippen molar-refractivity contribution in [2.45, 2.75) is 52.4 Å². The minimum absolute atomic E-state index is 0.259. The highest BCUT2D eigenvalue weighted by atomic mass is 16.5. The summed E-state index contributed by atoms with van der Waals surface area (Å²) in [6.07, 6.45) is 1.93. The molecule has 0 aromatic heterocycles. The Hall–Kier alpha value is -1.88. The van der Waals surface area contributed by atoms with Crippen LogP contribution in [0.5, 0.6) is 5.75 Å². The number of benzene rings is 2. The first-order valence-electron chi connectivity index (χ1n) is 10.3. The van der Waals surface area contributed by atoms with Gasteiger partial charge in [0.25, 0.3) is 0 Å². The summed E-state index contributed by atoms with van der Waals surface area (Å²) in [7, 11) is 0. The van der Waals surface area contributed by atoms with Crippen molar-refractivity contribution >= 4 is 0 Å². The topological polar surface area (TPSA) is 41.9 Å². The zero-order valence-electron chi connectivity index (χ0n) is 17.4. The lowest BCUT2D eigenvalue weighted by Gasteiger charge is -2.28. The molecule has 0 aliphatic carbocycles. The molecule has 0 unspecified atom stereocenters. The number of rotatable bonds is 9. The van der Waals surface area contributed by atoms with Crippen molar-refractivity contribution < 1.29 is 14.6 Å². The van der Waals surface area contributed by atoms with Gasteiger partial charge in [-0.1, -0.05) is 42.0 Å². The molecular weight excluding hydrogens is 350 g/mol. The van der Waals surface area contributed by atoms with E-state index in [2.05, 4.69) is 36.9 Å². The number of aliphatic hydroxyl groups excluding tert-OH is 1. The Morgan fingerprint density at radius 3 is 2.68 bits per heavy atom. The molecule has 1 fully saturated rings. The van der Waals surface area contributed by atoms with E-state index in [4.69, 9.17) is 9.47 Å². The van der Waals surface area contributed by atoms with Crippen LogP contribution >= 0.6 is 0 Å². The molecule has 3 rings (SSSR count). The fourth-order valence-electron chi connectivity index (χ4n) is 3.80. The van der Waals surface area contributed by atoms with Gasteiger partial charge >= 0.3 is 0 Å². The third-order valence-electron chi connectivity index (χ3n) is 5.37. The zero-order valence-corrected chi connectivity index (χ0v) is 17.4. The maximum Gasteiger partial charge on any atom is 0.122 e. The Morgan fingerprint density at radius 1 is 1.14 bits per heavy atom. The van der Waals surface area contributed by atoms with Gasteiger partial charge < -0.3 is 14.6 Å². The third kappa shape index (κ3) is 6.06. The van der Waals surface area contributed by atoms with Crippen LogP contribution in [0.3, 0.4) is 0 Å². The van der Waals surface area contributed by atoms with Crippen molar-refractivity contribution in [1.82, 2.24) is 4.90 Å². The molecule has 0 saturated carbocycles. The number of hydrogen-bond acceptors (Lipinski definition) is 4. The van der Waals surface area contributed by atoms with Gasteiger partial charge in [-0.3, -0.25) is 4.90 Å². The van der Waals surface area contributed by atoms with Crippen LogP contribution < -0.4 is 4.74 Å². The molecule has 1 aliphatic heterocycles. The Balaban J connectivity index is 1.61. The average Bonchev–Trinajstić information content (AvgIpc) is 3.16. The van der Waals surface area contributed by atoms with Crippen LogP contribution in [0.4, 0.5) is 0 Å². The Bertz CT molecular complexity index is 755. The van der Waals surface area contributed by atoms with E-state index >= 15 is 0 Å². The number of aryl methyl sites for hydroxylation is 3. The summed E-state index contributed by atoms with van der Waals surface area (Å²) < 4.78 is 11.7. The van der Waals surface area contributed by atoms with Crippen molar-refractivity contribution in [3.63, 3.8) is 0 Å². The van der Waals surface area contributed by atoms with E-state index in [0.29, 0.717) is 13.2 Å². The van der Waals surface area contributed by atoms with E-state index in [1.165, 1.54) is 16.7 Å². The maximum absolute atomic E-state index is 10.6.